The minimum atomic E-state index is -5.10. The fourth-order valence-corrected chi connectivity index (χ4v) is 2.99. The smallest absolute Gasteiger partial charge is 0.491 e. The van der Waals surface area contributed by atoms with Gasteiger partial charge in [0, 0.05) is 11.0 Å². The molecule has 0 atom stereocenters. The Bertz CT molecular complexity index is 841. The Labute approximate surface area is 142 Å². The predicted octanol–water partition coefficient (Wildman–Crippen LogP) is 4.59. The molecule has 0 fully saturated rings. The van der Waals surface area contributed by atoms with Gasteiger partial charge in [-0.05, 0) is 18.2 Å². The van der Waals surface area contributed by atoms with E-state index >= 15 is 0 Å². The molecule has 1 heterocycles. The van der Waals surface area contributed by atoms with Crippen LogP contribution in [0.15, 0.2) is 36.4 Å². The van der Waals surface area contributed by atoms with Crippen LogP contribution in [0, 0.1) is 0 Å². The third-order valence-electron chi connectivity index (χ3n) is 4.13. The minimum Gasteiger partial charge on any atom is -0.492 e. The summed E-state index contributed by atoms with van der Waals surface area (Å²) in [5, 5.41) is 0. The number of carbonyl (C=O) groups is 1. The topological polar surface area (TPSA) is 44.8 Å². The standard InChI is InChI=1S/C18H15F3O4/c1-17(2)10-6-4-5-7-11(10)24-12-8-9-13(15(23-3)14(12)17)25-16(22)18(19,20)21/h4-9H,1-3H3. The minimum absolute atomic E-state index is 0.0367. The molecule has 25 heavy (non-hydrogen) atoms. The molecule has 7 heteroatoms. The van der Waals surface area contributed by atoms with Gasteiger partial charge in [-0.25, -0.2) is 4.79 Å². The maximum Gasteiger partial charge on any atom is 0.491 e. The lowest BCUT2D eigenvalue weighted by Gasteiger charge is -2.35. The van der Waals surface area contributed by atoms with Crippen LogP contribution < -0.4 is 14.2 Å². The van der Waals surface area contributed by atoms with Gasteiger partial charge in [-0.3, -0.25) is 0 Å². The zero-order valence-corrected chi connectivity index (χ0v) is 13.7. The van der Waals surface area contributed by atoms with Crippen LogP contribution in [0.3, 0.4) is 0 Å². The number of benzene rings is 2. The molecule has 132 valence electrons. The van der Waals surface area contributed by atoms with Crippen molar-refractivity contribution in [2.75, 3.05) is 7.11 Å². The number of rotatable bonds is 2. The third-order valence-corrected chi connectivity index (χ3v) is 4.13. The first-order chi connectivity index (χ1) is 11.7. The van der Waals surface area contributed by atoms with Gasteiger partial charge in [0.1, 0.15) is 11.5 Å². The summed E-state index contributed by atoms with van der Waals surface area (Å²) in [4.78, 5) is 11.2. The summed E-state index contributed by atoms with van der Waals surface area (Å²) in [6.45, 7) is 3.79. The second-order valence-corrected chi connectivity index (χ2v) is 6.08. The molecule has 2 aromatic carbocycles. The molecule has 0 unspecified atom stereocenters. The van der Waals surface area contributed by atoms with E-state index in [0.717, 1.165) is 5.56 Å². The maximum atomic E-state index is 12.5. The number of carbonyl (C=O) groups excluding carboxylic acids is 1. The first-order valence-electron chi connectivity index (χ1n) is 7.44. The number of methoxy groups -OCH3 is 1. The maximum absolute atomic E-state index is 12.5. The van der Waals surface area contributed by atoms with Crippen LogP contribution >= 0.6 is 0 Å². The Morgan fingerprint density at radius 1 is 1.08 bits per heavy atom. The first kappa shape index (κ1) is 17.1. The van der Waals surface area contributed by atoms with Crippen LogP contribution in [0.4, 0.5) is 13.2 Å². The van der Waals surface area contributed by atoms with Crippen LogP contribution in [0.5, 0.6) is 23.0 Å². The van der Waals surface area contributed by atoms with Crippen molar-refractivity contribution >= 4 is 5.97 Å². The largest absolute Gasteiger partial charge is 0.492 e. The molecule has 0 spiro atoms. The van der Waals surface area contributed by atoms with Gasteiger partial charge in [0.15, 0.2) is 11.5 Å². The molecule has 3 rings (SSSR count). The number of para-hydroxylation sites is 1. The highest BCUT2D eigenvalue weighted by molar-refractivity contribution is 5.79. The molecule has 0 aromatic heterocycles. The fourth-order valence-electron chi connectivity index (χ4n) is 2.99. The summed E-state index contributed by atoms with van der Waals surface area (Å²) in [5.74, 6) is -1.48. The second kappa shape index (κ2) is 5.68. The van der Waals surface area contributed by atoms with E-state index in [0.29, 0.717) is 17.1 Å². The van der Waals surface area contributed by atoms with E-state index in [1.807, 2.05) is 38.1 Å². The van der Waals surface area contributed by atoms with E-state index in [2.05, 4.69) is 4.74 Å². The molecule has 2 aromatic rings. The first-order valence-corrected chi connectivity index (χ1v) is 7.44. The highest BCUT2D eigenvalue weighted by atomic mass is 19.4. The molecule has 0 saturated carbocycles. The van der Waals surface area contributed by atoms with E-state index in [4.69, 9.17) is 9.47 Å². The van der Waals surface area contributed by atoms with E-state index in [9.17, 15) is 18.0 Å². The second-order valence-electron chi connectivity index (χ2n) is 6.08. The van der Waals surface area contributed by atoms with Crippen molar-refractivity contribution < 1.29 is 32.2 Å². The monoisotopic (exact) mass is 352 g/mol. The van der Waals surface area contributed by atoms with Crippen molar-refractivity contribution in [1.82, 2.24) is 0 Å². The van der Waals surface area contributed by atoms with Crippen molar-refractivity contribution in [3.05, 3.63) is 47.5 Å². The van der Waals surface area contributed by atoms with Crippen molar-refractivity contribution in [3.63, 3.8) is 0 Å². The molecular formula is C18H15F3O4. The highest BCUT2D eigenvalue weighted by Gasteiger charge is 2.43. The van der Waals surface area contributed by atoms with Gasteiger partial charge < -0.3 is 14.2 Å². The van der Waals surface area contributed by atoms with Gasteiger partial charge in [0.05, 0.1) is 12.7 Å². The molecule has 0 radical (unpaired) electrons. The van der Waals surface area contributed by atoms with Gasteiger partial charge >= 0.3 is 12.1 Å². The number of halogens is 3. The van der Waals surface area contributed by atoms with E-state index in [-0.39, 0.29) is 11.5 Å². The summed E-state index contributed by atoms with van der Waals surface area (Å²) in [6, 6.07) is 10.0. The molecule has 0 saturated heterocycles. The summed E-state index contributed by atoms with van der Waals surface area (Å²) in [5.41, 5.74) is 0.733. The molecule has 1 aliphatic rings. The fraction of sp³-hybridized carbons (Fsp3) is 0.278. The lowest BCUT2D eigenvalue weighted by molar-refractivity contribution is -0.189. The molecule has 0 bridgehead atoms. The number of fused-ring (bicyclic) bond motifs is 2. The normalized spacial score (nSPS) is 14.8. The van der Waals surface area contributed by atoms with Gasteiger partial charge in [0.2, 0.25) is 0 Å². The number of esters is 1. The van der Waals surface area contributed by atoms with Crippen LogP contribution in [0.25, 0.3) is 0 Å². The summed E-state index contributed by atoms with van der Waals surface area (Å²) < 4.78 is 53.2. The average molecular weight is 352 g/mol. The van der Waals surface area contributed by atoms with Gasteiger partial charge in [0.25, 0.3) is 0 Å². The lowest BCUT2D eigenvalue weighted by atomic mass is 9.75. The molecule has 0 N–H and O–H groups in total. The van der Waals surface area contributed by atoms with E-state index in [1.54, 1.807) is 0 Å². The van der Waals surface area contributed by atoms with Crippen LogP contribution in [-0.4, -0.2) is 19.3 Å². The van der Waals surface area contributed by atoms with Crippen molar-refractivity contribution in [1.29, 1.82) is 0 Å². The highest BCUT2D eigenvalue weighted by Crippen LogP contribution is 2.53. The van der Waals surface area contributed by atoms with E-state index < -0.39 is 17.6 Å². The lowest BCUT2D eigenvalue weighted by Crippen LogP contribution is -2.29. The summed E-state index contributed by atoms with van der Waals surface area (Å²) in [7, 11) is 1.30. The molecular weight excluding hydrogens is 337 g/mol. The number of alkyl halides is 3. The Morgan fingerprint density at radius 3 is 2.40 bits per heavy atom. The van der Waals surface area contributed by atoms with Crippen molar-refractivity contribution in [2.45, 2.75) is 25.4 Å². The predicted molar refractivity (Wildman–Crippen MR) is 83.3 cm³/mol. The number of hydrogen-bond acceptors (Lipinski definition) is 4. The molecule has 0 aliphatic carbocycles. The van der Waals surface area contributed by atoms with Gasteiger partial charge in [-0.15, -0.1) is 0 Å². The molecule has 1 aliphatic heterocycles. The summed E-state index contributed by atoms with van der Waals surface area (Å²) >= 11 is 0. The summed E-state index contributed by atoms with van der Waals surface area (Å²) in [6.07, 6.45) is -5.10. The van der Waals surface area contributed by atoms with Crippen LogP contribution in [0.1, 0.15) is 25.0 Å². The zero-order chi connectivity index (χ0) is 18.4. The molecule has 4 nitrogen and oxygen atoms in total. The number of ether oxygens (including phenoxy) is 3. The number of hydrogen-bond donors (Lipinski definition) is 0. The third kappa shape index (κ3) is 2.79. The van der Waals surface area contributed by atoms with Gasteiger partial charge in [-0.2, -0.15) is 13.2 Å². The quantitative estimate of drug-likeness (QED) is 0.586. The Hall–Kier alpha value is -2.70. The Morgan fingerprint density at radius 2 is 1.76 bits per heavy atom. The Balaban J connectivity index is 2.14. The van der Waals surface area contributed by atoms with Crippen LogP contribution in [0.2, 0.25) is 0 Å². The van der Waals surface area contributed by atoms with Crippen molar-refractivity contribution in [3.8, 4) is 23.0 Å². The van der Waals surface area contributed by atoms with Crippen LogP contribution in [-0.2, 0) is 10.2 Å². The Kier molecular flexibility index (Phi) is 3.89. The average Bonchev–Trinajstić information content (AvgIpc) is 2.54. The molecule has 0 amide bonds. The SMILES string of the molecule is COc1c(OC(=O)C(F)(F)F)ccc2c1C(C)(C)c1ccccc1O2. The van der Waals surface area contributed by atoms with E-state index in [1.165, 1.54) is 19.2 Å². The zero-order valence-electron chi connectivity index (χ0n) is 13.7. The van der Waals surface area contributed by atoms with Gasteiger partial charge in [-0.1, -0.05) is 32.0 Å². The van der Waals surface area contributed by atoms with Crippen molar-refractivity contribution in [2.24, 2.45) is 0 Å².